The maximum atomic E-state index is 11.2. The van der Waals surface area contributed by atoms with Gasteiger partial charge in [0.1, 0.15) is 20.6 Å². The third kappa shape index (κ3) is 5.26. The van der Waals surface area contributed by atoms with E-state index in [0.29, 0.717) is 43.5 Å². The van der Waals surface area contributed by atoms with Crippen LogP contribution in [-0.4, -0.2) is 35.1 Å². The van der Waals surface area contributed by atoms with E-state index in [0.717, 1.165) is 22.5 Å². The van der Waals surface area contributed by atoms with E-state index in [9.17, 15) is 4.79 Å². The Balaban J connectivity index is 0.000000160. The number of fused-ring (bicyclic) bond motifs is 2. The zero-order valence-electron chi connectivity index (χ0n) is 20.5. The van der Waals surface area contributed by atoms with Crippen molar-refractivity contribution in [3.63, 3.8) is 0 Å². The lowest BCUT2D eigenvalue weighted by Gasteiger charge is -2.04. The highest BCUT2D eigenvalue weighted by atomic mass is 79.9. The highest BCUT2D eigenvalue weighted by Crippen LogP contribution is 2.30. The zero-order chi connectivity index (χ0) is 27.7. The number of nitrogens with two attached hydrogens (primary N) is 3. The van der Waals surface area contributed by atoms with E-state index in [-0.39, 0.29) is 5.91 Å². The Morgan fingerprint density at radius 1 is 0.744 bits per heavy atom. The van der Waals surface area contributed by atoms with Crippen molar-refractivity contribution >= 4 is 72.3 Å². The Hall–Kier alpha value is -4.49. The van der Waals surface area contributed by atoms with Gasteiger partial charge in [0.05, 0.1) is 11.4 Å². The summed E-state index contributed by atoms with van der Waals surface area (Å²) in [6.45, 7) is 1.42. The van der Waals surface area contributed by atoms with Crippen LogP contribution in [0.15, 0.2) is 81.7 Å². The van der Waals surface area contributed by atoms with Crippen LogP contribution in [0.1, 0.15) is 6.92 Å². The Morgan fingerprint density at radius 2 is 1.21 bits per heavy atom. The summed E-state index contributed by atoms with van der Waals surface area (Å²) in [5.41, 5.74) is 22.4. The molecule has 11 nitrogen and oxygen atoms in total. The van der Waals surface area contributed by atoms with Gasteiger partial charge in [0, 0.05) is 30.2 Å². The molecule has 0 aliphatic rings. The molecule has 0 saturated carbocycles. The lowest BCUT2D eigenvalue weighted by atomic mass is 10.1. The number of carbonyl (C=O) groups excluding carboxylic acids is 1. The van der Waals surface area contributed by atoms with Crippen molar-refractivity contribution in [2.45, 2.75) is 6.92 Å². The summed E-state index contributed by atoms with van der Waals surface area (Å²) in [6.07, 6.45) is 0. The molecule has 0 fully saturated rings. The number of nitrogens with zero attached hydrogens (tertiary/aromatic N) is 6. The number of amides is 1. The molecule has 1 amide bonds. The van der Waals surface area contributed by atoms with Crippen molar-refractivity contribution < 1.29 is 4.79 Å². The summed E-state index contributed by atoms with van der Waals surface area (Å²) in [5.74, 6) is 1.50. The average Bonchev–Trinajstić information content (AvgIpc) is 3.41. The molecular formula is C26H22Br2N10O. The maximum absolute atomic E-state index is 11.2. The fourth-order valence-corrected chi connectivity index (χ4v) is 4.58. The lowest BCUT2D eigenvalue weighted by molar-refractivity contribution is -0.114. The molecule has 0 bridgehead atoms. The van der Waals surface area contributed by atoms with Gasteiger partial charge >= 0.3 is 0 Å². The summed E-state index contributed by atoms with van der Waals surface area (Å²) < 4.78 is 4.27. The van der Waals surface area contributed by atoms with Crippen molar-refractivity contribution in [1.82, 2.24) is 29.2 Å². The normalized spacial score (nSPS) is 10.8. The number of nitrogens with one attached hydrogen (secondary N) is 1. The van der Waals surface area contributed by atoms with Crippen LogP contribution in [-0.2, 0) is 4.79 Å². The quantitative estimate of drug-likeness (QED) is 0.207. The number of hydrogen-bond acceptors (Lipinski definition) is 8. The van der Waals surface area contributed by atoms with Crippen LogP contribution in [0, 0.1) is 0 Å². The minimum atomic E-state index is -0.207. The Morgan fingerprint density at radius 3 is 1.69 bits per heavy atom. The molecule has 2 aromatic carbocycles. The minimum absolute atomic E-state index is 0.207. The van der Waals surface area contributed by atoms with E-state index < -0.39 is 0 Å². The number of nitrogen functional groups attached to an aromatic ring is 3. The smallest absolute Gasteiger partial charge is 0.222 e. The van der Waals surface area contributed by atoms with Crippen LogP contribution < -0.4 is 22.5 Å². The summed E-state index contributed by atoms with van der Waals surface area (Å²) in [7, 11) is 0. The third-order valence-electron chi connectivity index (χ3n) is 5.58. The molecule has 4 heterocycles. The fraction of sp³-hybridized carbons (Fsp3) is 0.0385. The maximum Gasteiger partial charge on any atom is 0.222 e. The SMILES string of the molecule is CC(=O)Nc1nn2c(N)cc(-c3ccccc3)nc2c1Br.Nc1nn2c(N)cc(-c3ccccc3)nc2c1Br. The first kappa shape index (κ1) is 26.1. The minimum Gasteiger partial charge on any atom is -0.384 e. The van der Waals surface area contributed by atoms with Gasteiger partial charge in [-0.3, -0.25) is 4.79 Å². The van der Waals surface area contributed by atoms with E-state index in [1.807, 2.05) is 60.7 Å². The van der Waals surface area contributed by atoms with Gasteiger partial charge in [0.15, 0.2) is 22.9 Å². The molecule has 0 aliphatic carbocycles. The molecule has 6 rings (SSSR count). The van der Waals surface area contributed by atoms with Crippen molar-refractivity contribution in [3.05, 3.63) is 81.7 Å². The second-order valence-electron chi connectivity index (χ2n) is 8.38. The van der Waals surface area contributed by atoms with Gasteiger partial charge in [0.2, 0.25) is 5.91 Å². The second-order valence-corrected chi connectivity index (χ2v) is 9.96. The van der Waals surface area contributed by atoms with Gasteiger partial charge in [-0.1, -0.05) is 60.7 Å². The summed E-state index contributed by atoms with van der Waals surface area (Å²) in [6, 6.07) is 23.1. The van der Waals surface area contributed by atoms with Crippen LogP contribution >= 0.6 is 31.9 Å². The number of anilines is 4. The first-order valence-corrected chi connectivity index (χ1v) is 13.1. The molecule has 13 heteroatoms. The molecule has 39 heavy (non-hydrogen) atoms. The highest BCUT2D eigenvalue weighted by molar-refractivity contribution is 9.11. The molecule has 0 unspecified atom stereocenters. The highest BCUT2D eigenvalue weighted by Gasteiger charge is 2.16. The van der Waals surface area contributed by atoms with E-state index in [4.69, 9.17) is 17.2 Å². The van der Waals surface area contributed by atoms with Gasteiger partial charge in [-0.05, 0) is 31.9 Å². The van der Waals surface area contributed by atoms with Crippen LogP contribution in [0.2, 0.25) is 0 Å². The summed E-state index contributed by atoms with van der Waals surface area (Å²) in [5, 5.41) is 11.0. The number of hydrogen-bond donors (Lipinski definition) is 4. The van der Waals surface area contributed by atoms with Gasteiger partial charge in [-0.2, -0.15) is 9.03 Å². The number of aromatic nitrogens is 6. The first-order chi connectivity index (χ1) is 18.7. The van der Waals surface area contributed by atoms with Crippen LogP contribution in [0.25, 0.3) is 33.8 Å². The van der Waals surface area contributed by atoms with Crippen molar-refractivity contribution in [2.75, 3.05) is 22.5 Å². The van der Waals surface area contributed by atoms with Gasteiger partial charge in [0.25, 0.3) is 0 Å². The van der Waals surface area contributed by atoms with Gasteiger partial charge in [-0.25, -0.2) is 9.97 Å². The van der Waals surface area contributed by atoms with E-state index in [2.05, 4.69) is 57.3 Å². The number of benzene rings is 2. The van der Waals surface area contributed by atoms with Crippen molar-refractivity contribution in [1.29, 1.82) is 0 Å². The zero-order valence-corrected chi connectivity index (χ0v) is 23.7. The fourth-order valence-electron chi connectivity index (χ4n) is 3.80. The Bertz CT molecular complexity index is 1820. The Kier molecular flexibility index (Phi) is 7.17. The molecule has 0 radical (unpaired) electrons. The van der Waals surface area contributed by atoms with Crippen molar-refractivity contribution in [3.8, 4) is 22.5 Å². The number of halogens is 2. The van der Waals surface area contributed by atoms with Gasteiger partial charge in [-0.15, -0.1) is 10.2 Å². The summed E-state index contributed by atoms with van der Waals surface area (Å²) in [4.78, 5) is 20.3. The third-order valence-corrected chi connectivity index (χ3v) is 7.07. The molecule has 0 aliphatic heterocycles. The second kappa shape index (κ2) is 10.7. The molecule has 0 atom stereocenters. The van der Waals surface area contributed by atoms with Crippen LogP contribution in [0.4, 0.5) is 23.3 Å². The molecule has 0 saturated heterocycles. The van der Waals surface area contributed by atoms with Crippen LogP contribution in [0.5, 0.6) is 0 Å². The van der Waals surface area contributed by atoms with E-state index in [1.54, 1.807) is 12.1 Å². The van der Waals surface area contributed by atoms with Crippen molar-refractivity contribution in [2.24, 2.45) is 0 Å². The molecule has 196 valence electrons. The topological polar surface area (TPSA) is 168 Å². The molecule has 4 aromatic heterocycles. The lowest BCUT2D eigenvalue weighted by Crippen LogP contribution is -2.07. The standard InChI is InChI=1S/C14H12BrN5O.C12H10BrN5/c1-8(21)17-13-12(15)14-18-10(7-11(16)20(14)19-13)9-5-3-2-4-6-9;13-10-11(15)17-18-9(14)6-8(16-12(10)18)7-4-2-1-3-5-7/h2-7H,16H2,1H3,(H,17,19,21);1-6H,14H2,(H2,15,17). The molecular weight excluding hydrogens is 628 g/mol. The Labute approximate surface area is 239 Å². The first-order valence-electron chi connectivity index (χ1n) is 11.6. The molecule has 0 spiro atoms. The van der Waals surface area contributed by atoms with Crippen LogP contribution in [0.3, 0.4) is 0 Å². The van der Waals surface area contributed by atoms with E-state index >= 15 is 0 Å². The molecule has 7 N–H and O–H groups in total. The van der Waals surface area contributed by atoms with E-state index in [1.165, 1.54) is 16.0 Å². The van der Waals surface area contributed by atoms with Gasteiger partial charge < -0.3 is 22.5 Å². The average molecular weight is 650 g/mol. The predicted octanol–water partition coefficient (Wildman–Crippen LogP) is 5.02. The number of rotatable bonds is 3. The largest absolute Gasteiger partial charge is 0.384 e. The predicted molar refractivity (Wildman–Crippen MR) is 160 cm³/mol. The monoisotopic (exact) mass is 648 g/mol. The summed E-state index contributed by atoms with van der Waals surface area (Å²) >= 11 is 6.77. The molecule has 6 aromatic rings. The number of carbonyl (C=O) groups is 1.